The van der Waals surface area contributed by atoms with E-state index in [1.807, 2.05) is 12.4 Å². The van der Waals surface area contributed by atoms with E-state index in [4.69, 9.17) is 4.74 Å². The fraction of sp³-hybridized carbons (Fsp3) is 0.471. The molecule has 0 bridgehead atoms. The molecular formula is C17H22N2O. The van der Waals surface area contributed by atoms with Gasteiger partial charge in [0.15, 0.2) is 0 Å². The van der Waals surface area contributed by atoms with Gasteiger partial charge in [0.25, 0.3) is 0 Å². The number of pyridine rings is 1. The van der Waals surface area contributed by atoms with E-state index in [9.17, 15) is 0 Å². The molecule has 2 aromatic rings. The van der Waals surface area contributed by atoms with Gasteiger partial charge in [0, 0.05) is 24.3 Å². The van der Waals surface area contributed by atoms with Crippen LogP contribution in [0.25, 0.3) is 10.8 Å². The van der Waals surface area contributed by atoms with E-state index in [2.05, 4.69) is 49.3 Å². The molecular weight excluding hydrogens is 248 g/mol. The molecule has 106 valence electrons. The minimum atomic E-state index is 0.133. The number of ether oxygens (including phenoxy) is 1. The van der Waals surface area contributed by atoms with Gasteiger partial charge in [-0.2, -0.15) is 0 Å². The van der Waals surface area contributed by atoms with Crippen molar-refractivity contribution in [2.45, 2.75) is 32.2 Å². The summed E-state index contributed by atoms with van der Waals surface area (Å²) in [5, 5.41) is 6.05. The van der Waals surface area contributed by atoms with Crippen LogP contribution in [0.4, 0.5) is 0 Å². The minimum Gasteiger partial charge on any atom is -0.378 e. The Morgan fingerprint density at radius 3 is 2.85 bits per heavy atom. The van der Waals surface area contributed by atoms with Gasteiger partial charge in [0.05, 0.1) is 19.3 Å². The topological polar surface area (TPSA) is 34.1 Å². The van der Waals surface area contributed by atoms with Crippen LogP contribution in [0.2, 0.25) is 0 Å². The van der Waals surface area contributed by atoms with Crippen LogP contribution < -0.4 is 5.32 Å². The molecule has 20 heavy (non-hydrogen) atoms. The maximum Gasteiger partial charge on any atom is 0.0662 e. The first-order chi connectivity index (χ1) is 9.55. The van der Waals surface area contributed by atoms with Gasteiger partial charge in [-0.15, -0.1) is 0 Å². The molecule has 0 amide bonds. The van der Waals surface area contributed by atoms with E-state index in [1.54, 1.807) is 0 Å². The van der Waals surface area contributed by atoms with Crippen LogP contribution in [0.5, 0.6) is 0 Å². The number of nitrogens with one attached hydrogen (secondary N) is 1. The first kappa shape index (κ1) is 13.5. The molecule has 1 fully saturated rings. The van der Waals surface area contributed by atoms with E-state index in [-0.39, 0.29) is 11.5 Å². The summed E-state index contributed by atoms with van der Waals surface area (Å²) in [5.41, 5.74) is 2.81. The number of fused-ring (bicyclic) bond motifs is 1. The molecule has 3 nitrogen and oxygen atoms in total. The monoisotopic (exact) mass is 270 g/mol. The Kier molecular flexibility index (Phi) is 3.48. The van der Waals surface area contributed by atoms with Crippen LogP contribution >= 0.6 is 0 Å². The van der Waals surface area contributed by atoms with Crippen molar-refractivity contribution in [1.82, 2.24) is 10.3 Å². The first-order valence-corrected chi connectivity index (χ1v) is 7.25. The van der Waals surface area contributed by atoms with Crippen LogP contribution in [0, 0.1) is 0 Å². The Labute approximate surface area is 120 Å². The highest BCUT2D eigenvalue weighted by Gasteiger charge is 2.21. The van der Waals surface area contributed by atoms with Crippen molar-refractivity contribution >= 4 is 10.8 Å². The lowest BCUT2D eigenvalue weighted by Gasteiger charge is -2.28. The zero-order valence-corrected chi connectivity index (χ0v) is 12.4. The second kappa shape index (κ2) is 5.15. The maximum atomic E-state index is 5.63. The molecule has 1 N–H and O–H groups in total. The van der Waals surface area contributed by atoms with Gasteiger partial charge in [0.2, 0.25) is 0 Å². The number of rotatable bonds is 1. The van der Waals surface area contributed by atoms with Crippen LogP contribution in [0.15, 0.2) is 30.6 Å². The number of nitrogens with zero attached hydrogens (tertiary/aromatic N) is 1. The molecule has 1 aromatic heterocycles. The van der Waals surface area contributed by atoms with E-state index >= 15 is 0 Å². The summed E-state index contributed by atoms with van der Waals surface area (Å²) >= 11 is 0. The summed E-state index contributed by atoms with van der Waals surface area (Å²) in [6.45, 7) is 9.20. The third-order valence-electron chi connectivity index (χ3n) is 3.95. The molecule has 3 rings (SSSR count). The molecule has 0 aliphatic carbocycles. The molecule has 0 saturated carbocycles. The SMILES string of the molecule is CC(C)(C)c1cc(C2COCCN2)c2ccncc2c1. The fourth-order valence-corrected chi connectivity index (χ4v) is 2.73. The maximum absolute atomic E-state index is 5.63. The Morgan fingerprint density at radius 1 is 1.30 bits per heavy atom. The number of hydrogen-bond acceptors (Lipinski definition) is 3. The van der Waals surface area contributed by atoms with E-state index < -0.39 is 0 Å². The number of morpholine rings is 1. The van der Waals surface area contributed by atoms with E-state index in [1.165, 1.54) is 21.9 Å². The molecule has 0 spiro atoms. The molecule has 2 heterocycles. The van der Waals surface area contributed by atoms with Crippen LogP contribution in [-0.2, 0) is 10.2 Å². The lowest BCUT2D eigenvalue weighted by atomic mass is 9.83. The number of aromatic nitrogens is 1. The van der Waals surface area contributed by atoms with Gasteiger partial charge in [0.1, 0.15) is 0 Å². The molecule has 1 saturated heterocycles. The van der Waals surface area contributed by atoms with Crippen molar-refractivity contribution in [2.75, 3.05) is 19.8 Å². The fourth-order valence-electron chi connectivity index (χ4n) is 2.73. The van der Waals surface area contributed by atoms with Gasteiger partial charge in [-0.25, -0.2) is 0 Å². The van der Waals surface area contributed by atoms with E-state index in [0.29, 0.717) is 0 Å². The van der Waals surface area contributed by atoms with Crippen LogP contribution in [0.1, 0.15) is 37.9 Å². The molecule has 1 atom stereocenters. The average molecular weight is 270 g/mol. The van der Waals surface area contributed by atoms with Crippen LogP contribution in [-0.4, -0.2) is 24.7 Å². The second-order valence-electron chi connectivity index (χ2n) is 6.49. The van der Waals surface area contributed by atoms with Crippen molar-refractivity contribution in [3.8, 4) is 0 Å². The second-order valence-corrected chi connectivity index (χ2v) is 6.49. The highest BCUT2D eigenvalue weighted by molar-refractivity contribution is 5.86. The van der Waals surface area contributed by atoms with Gasteiger partial charge >= 0.3 is 0 Å². The predicted octanol–water partition coefficient (Wildman–Crippen LogP) is 3.19. The molecule has 1 aliphatic rings. The average Bonchev–Trinajstić information content (AvgIpc) is 2.46. The van der Waals surface area contributed by atoms with Crippen molar-refractivity contribution in [3.63, 3.8) is 0 Å². The smallest absolute Gasteiger partial charge is 0.0662 e. The van der Waals surface area contributed by atoms with Gasteiger partial charge < -0.3 is 10.1 Å². The normalized spacial score (nSPS) is 20.2. The first-order valence-electron chi connectivity index (χ1n) is 7.25. The Balaban J connectivity index is 2.16. The summed E-state index contributed by atoms with van der Waals surface area (Å²) in [6.07, 6.45) is 3.82. The lowest BCUT2D eigenvalue weighted by Crippen LogP contribution is -2.34. The Hall–Kier alpha value is -1.45. The molecule has 1 aliphatic heterocycles. The standard InChI is InChI=1S/C17H22N2O/c1-17(2,3)13-8-12-10-18-5-4-14(12)15(9-13)16-11-20-7-6-19-16/h4-5,8-10,16,19H,6-7,11H2,1-3H3. The summed E-state index contributed by atoms with van der Waals surface area (Å²) in [5.74, 6) is 0. The Morgan fingerprint density at radius 2 is 2.15 bits per heavy atom. The van der Waals surface area contributed by atoms with Crippen molar-refractivity contribution in [2.24, 2.45) is 0 Å². The molecule has 1 unspecified atom stereocenters. The van der Waals surface area contributed by atoms with Crippen molar-refractivity contribution in [3.05, 3.63) is 41.7 Å². The zero-order chi connectivity index (χ0) is 14.2. The summed E-state index contributed by atoms with van der Waals surface area (Å²) in [7, 11) is 0. The quantitative estimate of drug-likeness (QED) is 0.864. The van der Waals surface area contributed by atoms with Gasteiger partial charge in [-0.3, -0.25) is 4.98 Å². The predicted molar refractivity (Wildman–Crippen MR) is 82.0 cm³/mol. The molecule has 1 aromatic carbocycles. The highest BCUT2D eigenvalue weighted by Crippen LogP contribution is 2.32. The lowest BCUT2D eigenvalue weighted by molar-refractivity contribution is 0.0772. The summed E-state index contributed by atoms with van der Waals surface area (Å²) in [4.78, 5) is 4.27. The summed E-state index contributed by atoms with van der Waals surface area (Å²) in [6, 6.07) is 6.97. The van der Waals surface area contributed by atoms with Gasteiger partial charge in [-0.05, 0) is 34.1 Å². The van der Waals surface area contributed by atoms with E-state index in [0.717, 1.165) is 19.8 Å². The minimum absolute atomic E-state index is 0.133. The highest BCUT2D eigenvalue weighted by atomic mass is 16.5. The molecule has 0 radical (unpaired) electrons. The number of benzene rings is 1. The zero-order valence-electron chi connectivity index (χ0n) is 12.4. The summed E-state index contributed by atoms with van der Waals surface area (Å²) < 4.78 is 5.63. The van der Waals surface area contributed by atoms with Crippen molar-refractivity contribution < 1.29 is 4.74 Å². The number of hydrogen-bond donors (Lipinski definition) is 1. The van der Waals surface area contributed by atoms with Crippen LogP contribution in [0.3, 0.4) is 0 Å². The largest absolute Gasteiger partial charge is 0.378 e. The third-order valence-corrected chi connectivity index (χ3v) is 3.95. The van der Waals surface area contributed by atoms with Gasteiger partial charge in [-0.1, -0.05) is 26.8 Å². The third kappa shape index (κ3) is 2.56. The van der Waals surface area contributed by atoms with Crippen molar-refractivity contribution in [1.29, 1.82) is 0 Å². The Bertz CT molecular complexity index is 610. The molecule has 3 heteroatoms.